The van der Waals surface area contributed by atoms with Crippen LogP contribution in [-0.2, 0) is 11.3 Å². The summed E-state index contributed by atoms with van der Waals surface area (Å²) >= 11 is 7.56. The second-order valence-electron chi connectivity index (χ2n) is 4.96. The summed E-state index contributed by atoms with van der Waals surface area (Å²) in [4.78, 5) is 17.6. The highest BCUT2D eigenvalue weighted by Gasteiger charge is 2.17. The maximum absolute atomic E-state index is 12.1. The molecule has 1 aromatic rings. The zero-order chi connectivity index (χ0) is 14.4. The Morgan fingerprint density at radius 1 is 1.45 bits per heavy atom. The van der Waals surface area contributed by atoms with Gasteiger partial charge in [0, 0.05) is 50.6 Å². The molecule has 1 fully saturated rings. The van der Waals surface area contributed by atoms with Crippen molar-refractivity contribution in [3.05, 3.63) is 21.3 Å². The number of halogens is 1. The number of amides is 1. The van der Waals surface area contributed by atoms with Crippen LogP contribution < -0.4 is 5.32 Å². The smallest absolute Gasteiger partial charge is 0.223 e. The molecule has 0 radical (unpaired) electrons. The van der Waals surface area contributed by atoms with E-state index in [0.717, 1.165) is 50.1 Å². The SMILES string of the molecule is CCN(CCC(=O)N1CCNCC1)Cc1ccc(Cl)s1. The van der Waals surface area contributed by atoms with Crippen molar-refractivity contribution >= 4 is 28.8 Å². The minimum Gasteiger partial charge on any atom is -0.340 e. The molecule has 1 N–H and O–H groups in total. The van der Waals surface area contributed by atoms with Crippen LogP contribution in [0.2, 0.25) is 4.34 Å². The van der Waals surface area contributed by atoms with Gasteiger partial charge in [-0.3, -0.25) is 9.69 Å². The largest absolute Gasteiger partial charge is 0.340 e. The predicted octanol–water partition coefficient (Wildman–Crippen LogP) is 2.05. The van der Waals surface area contributed by atoms with E-state index in [2.05, 4.69) is 23.2 Å². The van der Waals surface area contributed by atoms with Gasteiger partial charge in [-0.15, -0.1) is 11.3 Å². The quantitative estimate of drug-likeness (QED) is 0.872. The summed E-state index contributed by atoms with van der Waals surface area (Å²) in [7, 11) is 0. The highest BCUT2D eigenvalue weighted by molar-refractivity contribution is 7.16. The zero-order valence-corrected chi connectivity index (χ0v) is 13.5. The zero-order valence-electron chi connectivity index (χ0n) is 11.9. The lowest BCUT2D eigenvalue weighted by Gasteiger charge is -2.28. The second kappa shape index (κ2) is 7.98. The molecule has 1 saturated heterocycles. The van der Waals surface area contributed by atoms with Gasteiger partial charge in [-0.2, -0.15) is 0 Å². The van der Waals surface area contributed by atoms with Gasteiger partial charge < -0.3 is 10.2 Å². The minimum absolute atomic E-state index is 0.272. The molecule has 2 heterocycles. The predicted molar refractivity (Wildman–Crippen MR) is 84.3 cm³/mol. The van der Waals surface area contributed by atoms with E-state index in [4.69, 9.17) is 11.6 Å². The second-order valence-corrected chi connectivity index (χ2v) is 6.76. The molecule has 6 heteroatoms. The highest BCUT2D eigenvalue weighted by Crippen LogP contribution is 2.22. The molecule has 0 unspecified atom stereocenters. The third kappa shape index (κ3) is 4.74. The van der Waals surface area contributed by atoms with Crippen molar-refractivity contribution in [2.45, 2.75) is 19.9 Å². The Bertz CT molecular complexity index is 432. The third-order valence-electron chi connectivity index (χ3n) is 3.57. The van der Waals surface area contributed by atoms with Crippen molar-refractivity contribution < 1.29 is 4.79 Å². The summed E-state index contributed by atoms with van der Waals surface area (Å²) in [6.07, 6.45) is 0.604. The van der Waals surface area contributed by atoms with Gasteiger partial charge in [-0.25, -0.2) is 0 Å². The normalized spacial score (nSPS) is 15.8. The van der Waals surface area contributed by atoms with Crippen LogP contribution in [0.25, 0.3) is 0 Å². The van der Waals surface area contributed by atoms with Crippen LogP contribution in [0.3, 0.4) is 0 Å². The van der Waals surface area contributed by atoms with E-state index < -0.39 is 0 Å². The van der Waals surface area contributed by atoms with Crippen LogP contribution in [-0.4, -0.2) is 55.0 Å². The Balaban J connectivity index is 1.76. The van der Waals surface area contributed by atoms with Crippen LogP contribution in [0.4, 0.5) is 0 Å². The molecule has 1 aliphatic heterocycles. The van der Waals surface area contributed by atoms with Gasteiger partial charge >= 0.3 is 0 Å². The van der Waals surface area contributed by atoms with Crippen LogP contribution in [0.1, 0.15) is 18.2 Å². The Morgan fingerprint density at radius 3 is 2.80 bits per heavy atom. The molecule has 1 aliphatic rings. The Kier molecular flexibility index (Phi) is 6.29. The van der Waals surface area contributed by atoms with Crippen LogP contribution >= 0.6 is 22.9 Å². The summed E-state index contributed by atoms with van der Waals surface area (Å²) in [5.41, 5.74) is 0. The van der Waals surface area contributed by atoms with Gasteiger partial charge in [-0.05, 0) is 18.7 Å². The first-order chi connectivity index (χ1) is 9.69. The summed E-state index contributed by atoms with van der Waals surface area (Å²) in [5, 5.41) is 3.27. The number of rotatable bonds is 6. The maximum Gasteiger partial charge on any atom is 0.223 e. The monoisotopic (exact) mass is 315 g/mol. The maximum atomic E-state index is 12.1. The van der Waals surface area contributed by atoms with Crippen LogP contribution in [0.15, 0.2) is 12.1 Å². The van der Waals surface area contributed by atoms with Crippen LogP contribution in [0, 0.1) is 0 Å². The molecule has 112 valence electrons. The molecular weight excluding hydrogens is 294 g/mol. The first kappa shape index (κ1) is 15.8. The molecular formula is C14H22ClN3OS. The van der Waals surface area contributed by atoms with Gasteiger partial charge in [0.15, 0.2) is 0 Å². The van der Waals surface area contributed by atoms with Crippen LogP contribution in [0.5, 0.6) is 0 Å². The molecule has 0 bridgehead atoms. The van der Waals surface area contributed by atoms with E-state index in [0.29, 0.717) is 6.42 Å². The topological polar surface area (TPSA) is 35.6 Å². The molecule has 4 nitrogen and oxygen atoms in total. The van der Waals surface area contributed by atoms with E-state index in [1.807, 2.05) is 11.0 Å². The number of nitrogens with zero attached hydrogens (tertiary/aromatic N) is 2. The molecule has 1 amide bonds. The molecule has 2 rings (SSSR count). The number of nitrogens with one attached hydrogen (secondary N) is 1. The van der Waals surface area contributed by atoms with Crippen molar-refractivity contribution in [2.24, 2.45) is 0 Å². The molecule has 0 saturated carbocycles. The van der Waals surface area contributed by atoms with Gasteiger partial charge in [-0.1, -0.05) is 18.5 Å². The molecule has 20 heavy (non-hydrogen) atoms. The number of hydrogen-bond acceptors (Lipinski definition) is 4. The molecule has 0 spiro atoms. The Morgan fingerprint density at radius 2 is 2.20 bits per heavy atom. The van der Waals surface area contributed by atoms with E-state index >= 15 is 0 Å². The van der Waals surface area contributed by atoms with E-state index in [9.17, 15) is 4.79 Å². The van der Waals surface area contributed by atoms with Crippen molar-refractivity contribution in [1.82, 2.24) is 15.1 Å². The van der Waals surface area contributed by atoms with E-state index in [1.54, 1.807) is 11.3 Å². The van der Waals surface area contributed by atoms with Gasteiger partial charge in [0.1, 0.15) is 0 Å². The first-order valence-electron chi connectivity index (χ1n) is 7.14. The van der Waals surface area contributed by atoms with E-state index in [1.165, 1.54) is 4.88 Å². The number of carbonyl (C=O) groups is 1. The average Bonchev–Trinajstić information content (AvgIpc) is 2.89. The lowest BCUT2D eigenvalue weighted by molar-refractivity contribution is -0.132. The molecule has 0 atom stereocenters. The first-order valence-corrected chi connectivity index (χ1v) is 8.33. The molecule has 0 aromatic carbocycles. The number of thiophene rings is 1. The average molecular weight is 316 g/mol. The van der Waals surface area contributed by atoms with E-state index in [-0.39, 0.29) is 5.91 Å². The lowest BCUT2D eigenvalue weighted by Crippen LogP contribution is -2.47. The Hall–Kier alpha value is -0.620. The van der Waals surface area contributed by atoms with Crippen molar-refractivity contribution in [3.63, 3.8) is 0 Å². The molecule has 1 aromatic heterocycles. The lowest BCUT2D eigenvalue weighted by atomic mass is 10.3. The van der Waals surface area contributed by atoms with Crippen molar-refractivity contribution in [3.8, 4) is 0 Å². The number of piperazine rings is 1. The fourth-order valence-corrected chi connectivity index (χ4v) is 3.46. The summed E-state index contributed by atoms with van der Waals surface area (Å²) in [5.74, 6) is 0.272. The van der Waals surface area contributed by atoms with Gasteiger partial charge in [0.2, 0.25) is 5.91 Å². The fourth-order valence-electron chi connectivity index (χ4n) is 2.33. The third-order valence-corrected chi connectivity index (χ3v) is 4.78. The summed E-state index contributed by atoms with van der Waals surface area (Å²) < 4.78 is 0.827. The molecule has 0 aliphatic carbocycles. The van der Waals surface area contributed by atoms with Gasteiger partial charge in [0.25, 0.3) is 0 Å². The highest BCUT2D eigenvalue weighted by atomic mass is 35.5. The van der Waals surface area contributed by atoms with Crippen molar-refractivity contribution in [1.29, 1.82) is 0 Å². The Labute approximate surface area is 129 Å². The fraction of sp³-hybridized carbons (Fsp3) is 0.643. The minimum atomic E-state index is 0.272. The number of carbonyl (C=O) groups excluding carboxylic acids is 1. The standard InChI is InChI=1S/C14H22ClN3OS/c1-2-17(11-12-3-4-13(15)20-12)8-5-14(19)18-9-6-16-7-10-18/h3-4,16H,2,5-11H2,1H3. The summed E-state index contributed by atoms with van der Waals surface area (Å²) in [6.45, 7) is 8.27. The number of hydrogen-bond donors (Lipinski definition) is 1. The van der Waals surface area contributed by atoms with Crippen molar-refractivity contribution in [2.75, 3.05) is 39.3 Å². The van der Waals surface area contributed by atoms with Gasteiger partial charge in [0.05, 0.1) is 4.34 Å². The summed E-state index contributed by atoms with van der Waals surface area (Å²) in [6, 6.07) is 4.00.